The van der Waals surface area contributed by atoms with Crippen LogP contribution >= 0.6 is 0 Å². The van der Waals surface area contributed by atoms with Gasteiger partial charge in [-0.2, -0.15) is 0 Å². The SMILES string of the molecule is CCCCn1c(N)c(N(CCC(C)C)C(=O)Cc2ccc(OC)c(OC)c2)c(=O)[nH]c1=O. The van der Waals surface area contributed by atoms with Crippen molar-refractivity contribution < 1.29 is 14.3 Å². The van der Waals surface area contributed by atoms with E-state index in [1.165, 1.54) is 16.6 Å². The Morgan fingerprint density at radius 3 is 2.47 bits per heavy atom. The zero-order chi connectivity index (χ0) is 23.8. The molecule has 32 heavy (non-hydrogen) atoms. The van der Waals surface area contributed by atoms with Crippen LogP contribution in [0.4, 0.5) is 11.5 Å². The number of nitrogens with zero attached hydrogens (tertiary/aromatic N) is 2. The third kappa shape index (κ3) is 5.93. The lowest BCUT2D eigenvalue weighted by molar-refractivity contribution is -0.118. The second kappa shape index (κ2) is 11.4. The molecule has 9 nitrogen and oxygen atoms in total. The molecule has 0 bridgehead atoms. The van der Waals surface area contributed by atoms with Crippen molar-refractivity contribution in [3.8, 4) is 11.5 Å². The van der Waals surface area contributed by atoms with Gasteiger partial charge < -0.3 is 20.1 Å². The van der Waals surface area contributed by atoms with Crippen molar-refractivity contribution in [1.82, 2.24) is 9.55 Å². The summed E-state index contributed by atoms with van der Waals surface area (Å²) in [6.45, 7) is 6.74. The third-order valence-corrected chi connectivity index (χ3v) is 5.25. The van der Waals surface area contributed by atoms with E-state index in [4.69, 9.17) is 15.2 Å². The minimum absolute atomic E-state index is 0.0108. The molecule has 2 rings (SSSR count). The van der Waals surface area contributed by atoms with Gasteiger partial charge in [-0.05, 0) is 36.5 Å². The molecular weight excluding hydrogens is 412 g/mol. The van der Waals surface area contributed by atoms with Crippen molar-refractivity contribution in [3.05, 3.63) is 44.6 Å². The first-order chi connectivity index (χ1) is 15.2. The molecule has 3 N–H and O–H groups in total. The zero-order valence-corrected chi connectivity index (χ0v) is 19.6. The standard InChI is InChI=1S/C23H34N4O5/c1-6-7-11-27-21(24)20(22(29)25-23(27)30)26(12-10-15(2)3)19(28)14-16-8-9-17(31-4)18(13-16)32-5/h8-9,13,15H,6-7,10-12,14,24H2,1-5H3,(H,25,29,30). The van der Waals surface area contributed by atoms with E-state index in [-0.39, 0.29) is 23.8 Å². The number of rotatable bonds is 11. The molecule has 176 valence electrons. The number of nitrogen functional groups attached to an aromatic ring is 1. The van der Waals surface area contributed by atoms with Gasteiger partial charge in [-0.1, -0.05) is 33.3 Å². The first-order valence-corrected chi connectivity index (χ1v) is 10.9. The maximum Gasteiger partial charge on any atom is 0.330 e. The van der Waals surface area contributed by atoms with Crippen molar-refractivity contribution in [2.45, 2.75) is 53.0 Å². The Kier molecular flexibility index (Phi) is 8.92. The zero-order valence-electron chi connectivity index (χ0n) is 19.6. The summed E-state index contributed by atoms with van der Waals surface area (Å²) in [6.07, 6.45) is 2.28. The summed E-state index contributed by atoms with van der Waals surface area (Å²) in [5, 5.41) is 0. The van der Waals surface area contributed by atoms with Crippen LogP contribution in [-0.4, -0.2) is 36.2 Å². The molecular formula is C23H34N4O5. The molecule has 0 aliphatic rings. The summed E-state index contributed by atoms with van der Waals surface area (Å²) in [6, 6.07) is 5.23. The molecule has 1 aromatic carbocycles. The number of carbonyl (C=O) groups excluding carboxylic acids is 1. The number of carbonyl (C=O) groups is 1. The van der Waals surface area contributed by atoms with E-state index in [1.807, 2.05) is 20.8 Å². The van der Waals surface area contributed by atoms with E-state index >= 15 is 0 Å². The number of anilines is 2. The van der Waals surface area contributed by atoms with Crippen molar-refractivity contribution in [2.24, 2.45) is 5.92 Å². The molecule has 9 heteroatoms. The Hall–Kier alpha value is -3.23. The Balaban J connectivity index is 2.47. The molecule has 1 aromatic heterocycles. The summed E-state index contributed by atoms with van der Waals surface area (Å²) >= 11 is 0. The van der Waals surface area contributed by atoms with Gasteiger partial charge in [-0.25, -0.2) is 4.79 Å². The number of hydrogen-bond donors (Lipinski definition) is 2. The van der Waals surface area contributed by atoms with Crippen LogP contribution in [0.5, 0.6) is 11.5 Å². The topological polar surface area (TPSA) is 120 Å². The lowest BCUT2D eigenvalue weighted by Gasteiger charge is -2.25. The highest BCUT2D eigenvalue weighted by Crippen LogP contribution is 2.28. The van der Waals surface area contributed by atoms with Gasteiger partial charge in [0.05, 0.1) is 20.6 Å². The summed E-state index contributed by atoms with van der Waals surface area (Å²) in [5.74, 6) is 1.09. The number of aromatic nitrogens is 2. The second-order valence-electron chi connectivity index (χ2n) is 8.09. The molecule has 0 atom stereocenters. The van der Waals surface area contributed by atoms with E-state index in [0.717, 1.165) is 12.8 Å². The smallest absolute Gasteiger partial charge is 0.330 e. The van der Waals surface area contributed by atoms with Crippen LogP contribution in [0.2, 0.25) is 0 Å². The quantitative estimate of drug-likeness (QED) is 0.547. The van der Waals surface area contributed by atoms with Gasteiger partial charge >= 0.3 is 5.69 Å². The average molecular weight is 447 g/mol. The van der Waals surface area contributed by atoms with Gasteiger partial charge in [0.25, 0.3) is 5.56 Å². The average Bonchev–Trinajstić information content (AvgIpc) is 2.75. The Labute approximate surface area is 188 Å². The van der Waals surface area contributed by atoms with Crippen LogP contribution in [0.15, 0.2) is 27.8 Å². The molecule has 2 aromatic rings. The Morgan fingerprint density at radius 2 is 1.88 bits per heavy atom. The minimum atomic E-state index is -0.662. The number of nitrogens with one attached hydrogen (secondary N) is 1. The molecule has 0 spiro atoms. The number of benzene rings is 1. The maximum atomic E-state index is 13.4. The van der Waals surface area contributed by atoms with Crippen molar-refractivity contribution in [3.63, 3.8) is 0 Å². The molecule has 0 saturated heterocycles. The molecule has 0 aliphatic heterocycles. The van der Waals surface area contributed by atoms with Crippen LogP contribution in [0.1, 0.15) is 45.6 Å². The van der Waals surface area contributed by atoms with E-state index < -0.39 is 11.2 Å². The van der Waals surface area contributed by atoms with E-state index in [9.17, 15) is 14.4 Å². The van der Waals surface area contributed by atoms with E-state index in [0.29, 0.717) is 42.5 Å². The van der Waals surface area contributed by atoms with Gasteiger partial charge in [0.1, 0.15) is 5.82 Å². The fraction of sp³-hybridized carbons (Fsp3) is 0.522. The molecule has 0 radical (unpaired) electrons. The largest absolute Gasteiger partial charge is 0.493 e. The molecule has 0 saturated carbocycles. The third-order valence-electron chi connectivity index (χ3n) is 5.25. The maximum absolute atomic E-state index is 13.4. The predicted molar refractivity (Wildman–Crippen MR) is 126 cm³/mol. The Morgan fingerprint density at radius 1 is 1.19 bits per heavy atom. The van der Waals surface area contributed by atoms with Crippen LogP contribution in [0.25, 0.3) is 0 Å². The summed E-state index contributed by atoms with van der Waals surface area (Å²) < 4.78 is 11.9. The lowest BCUT2D eigenvalue weighted by atomic mass is 10.1. The van der Waals surface area contributed by atoms with Crippen LogP contribution < -0.4 is 31.4 Å². The summed E-state index contributed by atoms with van der Waals surface area (Å²) in [7, 11) is 3.07. The van der Waals surface area contributed by atoms with Gasteiger partial charge in [0, 0.05) is 13.1 Å². The highest BCUT2D eigenvalue weighted by molar-refractivity contribution is 5.96. The first kappa shape index (κ1) is 25.0. The number of unbranched alkanes of at least 4 members (excludes halogenated alkanes) is 1. The normalized spacial score (nSPS) is 10.9. The fourth-order valence-corrected chi connectivity index (χ4v) is 3.39. The summed E-state index contributed by atoms with van der Waals surface area (Å²) in [4.78, 5) is 42.1. The van der Waals surface area contributed by atoms with Gasteiger partial charge in [-0.15, -0.1) is 0 Å². The number of H-pyrrole nitrogens is 1. The number of amides is 1. The van der Waals surface area contributed by atoms with Crippen LogP contribution in [0.3, 0.4) is 0 Å². The van der Waals surface area contributed by atoms with E-state index in [2.05, 4.69) is 4.98 Å². The molecule has 0 aliphatic carbocycles. The van der Waals surface area contributed by atoms with Gasteiger partial charge in [0.2, 0.25) is 5.91 Å². The highest BCUT2D eigenvalue weighted by atomic mass is 16.5. The molecule has 0 unspecified atom stereocenters. The van der Waals surface area contributed by atoms with Crippen molar-refractivity contribution in [2.75, 3.05) is 31.4 Å². The first-order valence-electron chi connectivity index (χ1n) is 10.9. The van der Waals surface area contributed by atoms with Crippen molar-refractivity contribution >= 4 is 17.4 Å². The van der Waals surface area contributed by atoms with Gasteiger partial charge in [0.15, 0.2) is 17.2 Å². The molecule has 1 amide bonds. The second-order valence-corrected chi connectivity index (χ2v) is 8.09. The van der Waals surface area contributed by atoms with E-state index in [1.54, 1.807) is 25.3 Å². The van der Waals surface area contributed by atoms with Crippen molar-refractivity contribution in [1.29, 1.82) is 0 Å². The molecule has 0 fully saturated rings. The predicted octanol–water partition coefficient (Wildman–Crippen LogP) is 2.56. The Bertz CT molecular complexity index is 1040. The van der Waals surface area contributed by atoms with Crippen LogP contribution in [0, 0.1) is 5.92 Å². The monoisotopic (exact) mass is 446 g/mol. The molecule has 1 heterocycles. The number of nitrogens with two attached hydrogens (primary N) is 1. The highest BCUT2D eigenvalue weighted by Gasteiger charge is 2.24. The van der Waals surface area contributed by atoms with Crippen LogP contribution in [-0.2, 0) is 17.8 Å². The summed E-state index contributed by atoms with van der Waals surface area (Å²) in [5.41, 5.74) is 5.75. The fourth-order valence-electron chi connectivity index (χ4n) is 3.39. The number of hydrogen-bond acceptors (Lipinski definition) is 6. The number of methoxy groups -OCH3 is 2. The number of aromatic amines is 1. The lowest BCUT2D eigenvalue weighted by Crippen LogP contribution is -2.42. The van der Waals surface area contributed by atoms with Gasteiger partial charge in [-0.3, -0.25) is 19.1 Å². The minimum Gasteiger partial charge on any atom is -0.493 e. The number of ether oxygens (including phenoxy) is 2.